The Kier molecular flexibility index (Phi) is 4.46. The number of aromatic nitrogens is 1. The number of likely N-dealkylation sites (N-methyl/N-ethyl adjacent to an activating group) is 1. The van der Waals surface area contributed by atoms with Gasteiger partial charge in [-0.25, -0.2) is 9.38 Å². The fourth-order valence-corrected chi connectivity index (χ4v) is 4.28. The fraction of sp³-hybridized carbons (Fsp3) is 0.0952. The molecule has 0 bridgehead atoms. The standard InChI is InChI=1S/C21H16F6N4OS/c1-31-19(32)21(30-20(31)28,15-5-7-18(8-6-15)33(23,24,25,26)27)16-4-2-3-13(9-16)14-10-17(22)12-29-11-14/h2-12H,1H3,(H2,28,30). The number of hydrogen-bond donors (Lipinski definition) is 1. The quantitative estimate of drug-likeness (QED) is 0.490. The highest BCUT2D eigenvalue weighted by Crippen LogP contribution is 3.02. The number of hydrogen-bond acceptors (Lipinski definition) is 4. The molecule has 0 fully saturated rings. The molecule has 5 nitrogen and oxygen atoms in total. The van der Waals surface area contributed by atoms with Gasteiger partial charge in [0.1, 0.15) is 10.7 Å². The second-order valence-electron chi connectivity index (χ2n) is 7.51. The molecule has 1 aromatic heterocycles. The van der Waals surface area contributed by atoms with E-state index in [9.17, 15) is 28.6 Å². The van der Waals surface area contributed by atoms with Crippen LogP contribution in [-0.4, -0.2) is 28.8 Å². The number of benzene rings is 2. The van der Waals surface area contributed by atoms with Crippen molar-refractivity contribution in [2.45, 2.75) is 10.4 Å². The van der Waals surface area contributed by atoms with Crippen molar-refractivity contribution < 1.29 is 28.6 Å². The molecule has 33 heavy (non-hydrogen) atoms. The minimum atomic E-state index is -9.92. The molecule has 1 unspecified atom stereocenters. The number of guanidine groups is 1. The summed E-state index contributed by atoms with van der Waals surface area (Å²) in [5.41, 5.74) is 4.82. The summed E-state index contributed by atoms with van der Waals surface area (Å²) in [6.07, 6.45) is 2.40. The zero-order valence-electron chi connectivity index (χ0n) is 16.9. The number of nitrogens with two attached hydrogens (primary N) is 1. The predicted molar refractivity (Wildman–Crippen MR) is 113 cm³/mol. The van der Waals surface area contributed by atoms with Crippen molar-refractivity contribution in [1.82, 2.24) is 9.88 Å². The number of halogens is 6. The highest BCUT2D eigenvalue weighted by molar-refractivity contribution is 8.45. The summed E-state index contributed by atoms with van der Waals surface area (Å²) in [5.74, 6) is -1.51. The Morgan fingerprint density at radius 3 is 2.12 bits per heavy atom. The minimum absolute atomic E-state index is 0.0973. The molecule has 0 saturated carbocycles. The van der Waals surface area contributed by atoms with Crippen LogP contribution in [0.5, 0.6) is 0 Å². The van der Waals surface area contributed by atoms with E-state index in [0.29, 0.717) is 11.1 Å². The third-order valence-corrected chi connectivity index (χ3v) is 6.44. The van der Waals surface area contributed by atoms with Crippen molar-refractivity contribution >= 4 is 22.1 Å². The van der Waals surface area contributed by atoms with Gasteiger partial charge < -0.3 is 5.73 Å². The van der Waals surface area contributed by atoms with Crippen LogP contribution in [0.1, 0.15) is 11.1 Å². The number of pyridine rings is 1. The van der Waals surface area contributed by atoms with Crippen LogP contribution in [0, 0.1) is 5.82 Å². The van der Waals surface area contributed by atoms with Crippen LogP contribution in [0.2, 0.25) is 0 Å². The van der Waals surface area contributed by atoms with E-state index < -0.39 is 32.4 Å². The van der Waals surface area contributed by atoms with E-state index in [-0.39, 0.29) is 29.2 Å². The number of carbonyl (C=O) groups excluding carboxylic acids is 1. The third-order valence-electron chi connectivity index (χ3n) is 5.28. The second kappa shape index (κ2) is 6.50. The van der Waals surface area contributed by atoms with Crippen LogP contribution in [0.25, 0.3) is 11.1 Å². The van der Waals surface area contributed by atoms with Gasteiger partial charge >= 0.3 is 10.2 Å². The van der Waals surface area contributed by atoms with Gasteiger partial charge in [-0.15, -0.1) is 0 Å². The SMILES string of the molecule is CN1C(=O)C(c2ccc(S(F)(F)(F)(F)F)cc2)(c2cccc(-c3cncc(F)c3)c2)N=C1N. The Bertz CT molecular complexity index is 1310. The molecule has 1 aliphatic heterocycles. The number of aliphatic imine (C=N–C) groups is 1. The Morgan fingerprint density at radius 2 is 1.58 bits per heavy atom. The van der Waals surface area contributed by atoms with Gasteiger partial charge in [-0.3, -0.25) is 14.7 Å². The Morgan fingerprint density at radius 1 is 0.909 bits per heavy atom. The van der Waals surface area contributed by atoms with Crippen LogP contribution in [0.3, 0.4) is 0 Å². The van der Waals surface area contributed by atoms with Crippen LogP contribution in [0.15, 0.2) is 76.9 Å². The highest BCUT2D eigenvalue weighted by atomic mass is 32.5. The fourth-order valence-electron chi connectivity index (χ4n) is 3.63. The molecule has 2 aromatic carbocycles. The van der Waals surface area contributed by atoms with E-state index in [4.69, 9.17) is 5.73 Å². The summed E-state index contributed by atoms with van der Waals surface area (Å²) in [7, 11) is -8.59. The molecule has 0 spiro atoms. The number of rotatable bonds is 4. The zero-order valence-corrected chi connectivity index (χ0v) is 17.7. The molecule has 2 heterocycles. The molecule has 0 aliphatic carbocycles. The summed E-state index contributed by atoms with van der Waals surface area (Å²) in [4.78, 5) is 20.2. The molecule has 1 amide bonds. The highest BCUT2D eigenvalue weighted by Gasteiger charge is 2.65. The average molecular weight is 486 g/mol. The van der Waals surface area contributed by atoms with Gasteiger partial charge in [-0.1, -0.05) is 49.8 Å². The van der Waals surface area contributed by atoms with Crippen molar-refractivity contribution in [3.8, 4) is 11.1 Å². The first-order valence-electron chi connectivity index (χ1n) is 9.31. The van der Waals surface area contributed by atoms with E-state index in [1.54, 1.807) is 6.07 Å². The molecular weight excluding hydrogens is 470 g/mol. The van der Waals surface area contributed by atoms with Gasteiger partial charge in [0.2, 0.25) is 0 Å². The van der Waals surface area contributed by atoms with Gasteiger partial charge in [0.05, 0.1) is 6.20 Å². The van der Waals surface area contributed by atoms with Crippen molar-refractivity contribution in [3.63, 3.8) is 0 Å². The normalized spacial score (nSPS) is 20.9. The maximum Gasteiger partial charge on any atom is 0.310 e. The number of nitrogens with zero attached hydrogens (tertiary/aromatic N) is 3. The molecule has 1 atom stereocenters. The molecule has 0 radical (unpaired) electrons. The first kappa shape index (κ1) is 22.6. The number of amides is 1. The van der Waals surface area contributed by atoms with Gasteiger partial charge in [-0.05, 0) is 41.0 Å². The topological polar surface area (TPSA) is 71.6 Å². The predicted octanol–water partition coefficient (Wildman–Crippen LogP) is 5.58. The Balaban J connectivity index is 1.92. The van der Waals surface area contributed by atoms with Crippen LogP contribution in [-0.2, 0) is 10.3 Å². The summed E-state index contributed by atoms with van der Waals surface area (Å²) >= 11 is 0. The van der Waals surface area contributed by atoms with E-state index in [2.05, 4.69) is 9.98 Å². The lowest BCUT2D eigenvalue weighted by molar-refractivity contribution is -0.129. The molecular formula is C21H16F6N4OS. The molecule has 3 aromatic rings. The Labute approximate surface area is 184 Å². The largest absolute Gasteiger partial charge is 0.369 e. The first-order valence-corrected chi connectivity index (χ1v) is 11.3. The lowest BCUT2D eigenvalue weighted by atomic mass is 9.82. The molecule has 174 valence electrons. The summed E-state index contributed by atoms with van der Waals surface area (Å²) < 4.78 is 79.6. The molecule has 2 N–H and O–H groups in total. The lowest BCUT2D eigenvalue weighted by Gasteiger charge is -2.40. The smallest absolute Gasteiger partial charge is 0.310 e. The van der Waals surface area contributed by atoms with Crippen LogP contribution in [0.4, 0.5) is 23.8 Å². The summed E-state index contributed by atoms with van der Waals surface area (Å²) in [5, 5.41) is 0. The molecule has 4 rings (SSSR count). The van der Waals surface area contributed by atoms with E-state index >= 15 is 0 Å². The minimum Gasteiger partial charge on any atom is -0.369 e. The van der Waals surface area contributed by atoms with E-state index in [1.165, 1.54) is 37.5 Å². The van der Waals surface area contributed by atoms with Gasteiger partial charge in [0, 0.05) is 18.8 Å². The number of carbonyl (C=O) groups is 1. The molecule has 12 heteroatoms. The lowest BCUT2D eigenvalue weighted by Crippen LogP contribution is -2.41. The van der Waals surface area contributed by atoms with E-state index in [1.807, 2.05) is 0 Å². The van der Waals surface area contributed by atoms with Crippen LogP contribution >= 0.6 is 10.2 Å². The summed E-state index contributed by atoms with van der Waals surface area (Å²) in [6.45, 7) is 0. The summed E-state index contributed by atoms with van der Waals surface area (Å²) in [6, 6.07) is 9.33. The second-order valence-corrected chi connectivity index (χ2v) is 9.92. The van der Waals surface area contributed by atoms with Gasteiger partial charge in [0.25, 0.3) is 5.91 Å². The van der Waals surface area contributed by atoms with Crippen molar-refractivity contribution in [2.75, 3.05) is 7.05 Å². The van der Waals surface area contributed by atoms with Crippen molar-refractivity contribution in [2.24, 2.45) is 10.7 Å². The first-order chi connectivity index (χ1) is 15.1. The molecule has 1 aliphatic rings. The van der Waals surface area contributed by atoms with E-state index in [0.717, 1.165) is 23.2 Å². The monoisotopic (exact) mass is 486 g/mol. The Hall–Kier alpha value is -3.54. The maximum atomic E-state index is 13.6. The van der Waals surface area contributed by atoms with Crippen LogP contribution < -0.4 is 5.73 Å². The van der Waals surface area contributed by atoms with Gasteiger partial charge in [-0.2, -0.15) is 0 Å². The van der Waals surface area contributed by atoms with Gasteiger partial charge in [0.15, 0.2) is 11.5 Å². The zero-order chi connectivity index (χ0) is 24.3. The molecule has 0 saturated heterocycles. The third kappa shape index (κ3) is 3.90. The maximum absolute atomic E-state index is 13.6. The van der Waals surface area contributed by atoms with Crippen molar-refractivity contribution in [1.29, 1.82) is 0 Å². The van der Waals surface area contributed by atoms with Crippen molar-refractivity contribution in [3.05, 3.63) is 83.9 Å². The average Bonchev–Trinajstić information content (AvgIpc) is 2.97.